The van der Waals surface area contributed by atoms with Crippen molar-refractivity contribution in [2.24, 2.45) is 10.4 Å². The van der Waals surface area contributed by atoms with Gasteiger partial charge < -0.3 is 5.32 Å². The molecule has 1 aromatic rings. The lowest BCUT2D eigenvalue weighted by molar-refractivity contribution is 0.316. The van der Waals surface area contributed by atoms with E-state index in [0.29, 0.717) is 15.2 Å². The molecule has 1 unspecified atom stereocenters. The van der Waals surface area contributed by atoms with Crippen molar-refractivity contribution in [3.63, 3.8) is 0 Å². The van der Waals surface area contributed by atoms with Crippen molar-refractivity contribution in [3.05, 3.63) is 27.4 Å². The lowest BCUT2D eigenvalue weighted by Gasteiger charge is -2.31. The number of hydrogen-bond donors (Lipinski definition) is 1. The third-order valence-electron chi connectivity index (χ3n) is 3.14. The van der Waals surface area contributed by atoms with E-state index in [1.54, 1.807) is 11.8 Å². The molecule has 1 atom stereocenters. The maximum absolute atomic E-state index is 13.2. The molecule has 1 aliphatic heterocycles. The Labute approximate surface area is 136 Å². The number of aliphatic imine (C=N–C) groups is 1. The van der Waals surface area contributed by atoms with E-state index in [2.05, 4.69) is 42.0 Å². The van der Waals surface area contributed by atoms with Gasteiger partial charge in [-0.25, -0.2) is 4.39 Å². The van der Waals surface area contributed by atoms with Crippen molar-refractivity contribution in [3.8, 4) is 0 Å². The van der Waals surface area contributed by atoms with Gasteiger partial charge >= 0.3 is 0 Å². The second kappa shape index (κ2) is 6.24. The summed E-state index contributed by atoms with van der Waals surface area (Å²) in [6, 6.07) is 2.97. The Bertz CT molecular complexity index is 519. The van der Waals surface area contributed by atoms with Gasteiger partial charge in [-0.05, 0) is 39.9 Å². The summed E-state index contributed by atoms with van der Waals surface area (Å²) in [4.78, 5) is 4.75. The standard InChI is InChI=1S/C14H17BrClFN2S/c1-14(2,3)11-4-5-20-13(18-11)19-12-9(15)6-8(17)7-10(12)16/h6-7,11H,4-5H2,1-3H3,(H,18,19). The van der Waals surface area contributed by atoms with Crippen LogP contribution in [0.25, 0.3) is 0 Å². The van der Waals surface area contributed by atoms with Crippen molar-refractivity contribution in [2.75, 3.05) is 11.1 Å². The van der Waals surface area contributed by atoms with Gasteiger partial charge in [0.05, 0.1) is 16.8 Å². The smallest absolute Gasteiger partial charge is 0.161 e. The van der Waals surface area contributed by atoms with Crippen molar-refractivity contribution in [2.45, 2.75) is 33.2 Å². The SMILES string of the molecule is CC(C)(C)C1CCSC(Nc2c(Cl)cc(F)cc2Br)=N1. The summed E-state index contributed by atoms with van der Waals surface area (Å²) in [7, 11) is 0. The Morgan fingerprint density at radius 3 is 2.75 bits per heavy atom. The molecule has 0 amide bonds. The second-order valence-corrected chi connectivity index (χ2v) is 8.17. The first-order chi connectivity index (χ1) is 9.27. The van der Waals surface area contributed by atoms with Gasteiger partial charge in [-0.1, -0.05) is 44.1 Å². The topological polar surface area (TPSA) is 24.4 Å². The highest BCUT2D eigenvalue weighted by Gasteiger charge is 2.27. The third kappa shape index (κ3) is 3.89. The quantitative estimate of drug-likeness (QED) is 0.690. The number of nitrogens with zero attached hydrogens (tertiary/aromatic N) is 1. The lowest BCUT2D eigenvalue weighted by Crippen LogP contribution is -2.30. The largest absolute Gasteiger partial charge is 0.333 e. The first-order valence-electron chi connectivity index (χ1n) is 6.39. The number of amidine groups is 1. The van der Waals surface area contributed by atoms with E-state index in [9.17, 15) is 4.39 Å². The molecule has 1 heterocycles. The number of benzene rings is 1. The molecule has 0 saturated carbocycles. The molecule has 0 saturated heterocycles. The van der Waals surface area contributed by atoms with Gasteiger partial charge in [-0.2, -0.15) is 0 Å². The van der Waals surface area contributed by atoms with E-state index in [0.717, 1.165) is 17.3 Å². The number of nitrogens with one attached hydrogen (secondary N) is 1. The fourth-order valence-corrected chi connectivity index (χ4v) is 3.78. The maximum atomic E-state index is 13.2. The predicted molar refractivity (Wildman–Crippen MR) is 90.5 cm³/mol. The minimum atomic E-state index is -0.363. The van der Waals surface area contributed by atoms with Crippen LogP contribution in [0.4, 0.5) is 10.1 Å². The Kier molecular flexibility index (Phi) is 5.03. The zero-order chi connectivity index (χ0) is 14.9. The Morgan fingerprint density at radius 2 is 2.15 bits per heavy atom. The van der Waals surface area contributed by atoms with Gasteiger partial charge in [-0.15, -0.1) is 0 Å². The molecule has 2 rings (SSSR count). The number of thioether (sulfide) groups is 1. The first-order valence-corrected chi connectivity index (χ1v) is 8.55. The van der Waals surface area contributed by atoms with Crippen LogP contribution in [0.5, 0.6) is 0 Å². The van der Waals surface area contributed by atoms with Crippen LogP contribution < -0.4 is 5.32 Å². The minimum absolute atomic E-state index is 0.137. The van der Waals surface area contributed by atoms with Crippen molar-refractivity contribution in [1.29, 1.82) is 0 Å². The molecular formula is C14H17BrClFN2S. The average Bonchev–Trinajstić information content (AvgIpc) is 2.33. The molecule has 20 heavy (non-hydrogen) atoms. The van der Waals surface area contributed by atoms with Gasteiger partial charge in [-0.3, -0.25) is 4.99 Å². The number of rotatable bonds is 1. The Balaban J connectivity index is 2.24. The van der Waals surface area contributed by atoms with E-state index in [1.807, 2.05) is 0 Å². The van der Waals surface area contributed by atoms with Crippen molar-refractivity contribution < 1.29 is 4.39 Å². The summed E-state index contributed by atoms with van der Waals surface area (Å²) >= 11 is 11.1. The fourth-order valence-electron chi connectivity index (χ4n) is 1.97. The van der Waals surface area contributed by atoms with Crippen LogP contribution in [0.2, 0.25) is 5.02 Å². The molecule has 0 aliphatic carbocycles. The highest BCUT2D eigenvalue weighted by Crippen LogP contribution is 2.35. The van der Waals surface area contributed by atoms with Crippen LogP contribution >= 0.6 is 39.3 Å². The summed E-state index contributed by atoms with van der Waals surface area (Å²) in [6.07, 6.45) is 1.07. The molecule has 0 spiro atoms. The fraction of sp³-hybridized carbons (Fsp3) is 0.500. The van der Waals surface area contributed by atoms with Gasteiger partial charge in [0.1, 0.15) is 5.82 Å². The van der Waals surface area contributed by atoms with Crippen molar-refractivity contribution >= 4 is 50.1 Å². The molecule has 110 valence electrons. The third-order valence-corrected chi connectivity index (χ3v) is 4.99. The zero-order valence-electron chi connectivity index (χ0n) is 11.6. The zero-order valence-corrected chi connectivity index (χ0v) is 14.8. The first kappa shape index (κ1) is 16.1. The van der Waals surface area contributed by atoms with E-state index in [4.69, 9.17) is 16.6 Å². The van der Waals surface area contributed by atoms with Crippen LogP contribution in [0.15, 0.2) is 21.6 Å². The minimum Gasteiger partial charge on any atom is -0.333 e. The molecule has 1 N–H and O–H groups in total. The van der Waals surface area contributed by atoms with Crippen molar-refractivity contribution in [1.82, 2.24) is 0 Å². The molecule has 1 aromatic carbocycles. The molecule has 0 aromatic heterocycles. The van der Waals surface area contributed by atoms with E-state index in [1.165, 1.54) is 12.1 Å². The summed E-state index contributed by atoms with van der Waals surface area (Å²) in [5.41, 5.74) is 0.798. The lowest BCUT2D eigenvalue weighted by atomic mass is 9.85. The Morgan fingerprint density at radius 1 is 1.45 bits per heavy atom. The van der Waals surface area contributed by atoms with E-state index < -0.39 is 0 Å². The molecule has 2 nitrogen and oxygen atoms in total. The second-order valence-electron chi connectivity index (χ2n) is 5.82. The van der Waals surface area contributed by atoms with Crippen LogP contribution in [-0.4, -0.2) is 17.0 Å². The highest BCUT2D eigenvalue weighted by atomic mass is 79.9. The van der Waals surface area contributed by atoms with E-state index in [-0.39, 0.29) is 17.3 Å². The predicted octanol–water partition coefficient (Wildman–Crippen LogP) is 5.56. The summed E-state index contributed by atoms with van der Waals surface area (Å²) in [6.45, 7) is 6.57. The molecule has 1 aliphatic rings. The monoisotopic (exact) mass is 378 g/mol. The Hall–Kier alpha value is -0.260. The van der Waals surface area contributed by atoms with Crippen LogP contribution in [0.1, 0.15) is 27.2 Å². The normalized spacial score (nSPS) is 19.7. The summed E-state index contributed by atoms with van der Waals surface area (Å²) in [5.74, 6) is 0.655. The van der Waals surface area contributed by atoms with Gasteiger partial charge in [0.25, 0.3) is 0 Å². The summed E-state index contributed by atoms with van der Waals surface area (Å²) in [5, 5.41) is 4.40. The number of halogens is 3. The molecule has 6 heteroatoms. The van der Waals surface area contributed by atoms with Crippen LogP contribution in [0.3, 0.4) is 0 Å². The highest BCUT2D eigenvalue weighted by molar-refractivity contribution is 9.10. The van der Waals surface area contributed by atoms with Crippen LogP contribution in [-0.2, 0) is 0 Å². The van der Waals surface area contributed by atoms with Gasteiger partial charge in [0.15, 0.2) is 5.17 Å². The summed E-state index contributed by atoms with van der Waals surface area (Å²) < 4.78 is 13.8. The molecule has 0 radical (unpaired) electrons. The molecule has 0 fully saturated rings. The number of hydrogen-bond acceptors (Lipinski definition) is 3. The average molecular weight is 380 g/mol. The van der Waals surface area contributed by atoms with Crippen LogP contribution in [0, 0.1) is 11.2 Å². The molecule has 0 bridgehead atoms. The molecular weight excluding hydrogens is 363 g/mol. The van der Waals surface area contributed by atoms with Gasteiger partial charge in [0, 0.05) is 10.2 Å². The maximum Gasteiger partial charge on any atom is 0.161 e. The number of anilines is 1. The van der Waals surface area contributed by atoms with Gasteiger partial charge in [0.2, 0.25) is 0 Å². The van der Waals surface area contributed by atoms with E-state index >= 15 is 0 Å².